The van der Waals surface area contributed by atoms with E-state index in [0.29, 0.717) is 29.8 Å². The molecule has 1 aliphatic heterocycles. The number of halogens is 5. The summed E-state index contributed by atoms with van der Waals surface area (Å²) in [7, 11) is 0. The van der Waals surface area contributed by atoms with Gasteiger partial charge in [-0.2, -0.15) is 32.3 Å². The molecule has 44 heavy (non-hydrogen) atoms. The van der Waals surface area contributed by atoms with Crippen LogP contribution in [0.5, 0.6) is 0 Å². The lowest BCUT2D eigenvalue weighted by Gasteiger charge is -2.30. The molecule has 0 bridgehead atoms. The molecule has 3 atom stereocenters. The lowest BCUT2D eigenvalue weighted by atomic mass is 9.80. The first-order chi connectivity index (χ1) is 21.0. The van der Waals surface area contributed by atoms with Crippen LogP contribution in [0.25, 0.3) is 5.65 Å². The van der Waals surface area contributed by atoms with Gasteiger partial charge in [0.1, 0.15) is 11.7 Å². The number of rotatable bonds is 8. The number of imidazole rings is 1. The number of allylic oxidation sites excluding steroid dienone is 1. The van der Waals surface area contributed by atoms with Crippen molar-refractivity contribution in [3.63, 3.8) is 0 Å². The van der Waals surface area contributed by atoms with Crippen LogP contribution in [-0.4, -0.2) is 60.5 Å². The van der Waals surface area contributed by atoms with Crippen LogP contribution in [0.2, 0.25) is 0 Å². The van der Waals surface area contributed by atoms with Crippen molar-refractivity contribution >= 4 is 17.6 Å². The molecule has 3 amide bonds. The lowest BCUT2D eigenvalue weighted by Crippen LogP contribution is -2.40. The van der Waals surface area contributed by atoms with Crippen LogP contribution >= 0.6 is 0 Å². The number of carbonyl (C=O) groups is 2. The number of aromatic nitrogens is 5. The smallest absolute Gasteiger partial charge is 0.342 e. The summed E-state index contributed by atoms with van der Waals surface area (Å²) in [6, 6.07) is -1.36. The second-order valence-electron chi connectivity index (χ2n) is 11.3. The Balaban J connectivity index is 1.30. The topological polar surface area (TPSA) is 154 Å². The SMILES string of the molecule is N#CC[C@H](c1cnn2cc([C@@H](NC(=O)c3nonc3C3CC3)C3CCC(=C(F)F)CC3)nc2c1)N1C[C@@H](C(F)(F)F)NC1=O. The number of amides is 3. The van der Waals surface area contributed by atoms with Crippen LogP contribution in [0.1, 0.15) is 90.4 Å². The van der Waals surface area contributed by atoms with E-state index in [2.05, 4.69) is 25.7 Å². The van der Waals surface area contributed by atoms with Gasteiger partial charge in [0.05, 0.1) is 49.2 Å². The van der Waals surface area contributed by atoms with E-state index in [-0.39, 0.29) is 48.0 Å². The van der Waals surface area contributed by atoms with Gasteiger partial charge in [0.15, 0.2) is 11.3 Å². The highest BCUT2D eigenvalue weighted by Crippen LogP contribution is 2.41. The van der Waals surface area contributed by atoms with Crippen LogP contribution in [0.3, 0.4) is 0 Å². The summed E-state index contributed by atoms with van der Waals surface area (Å²) in [6.07, 6.45) is -1.02. The highest BCUT2D eigenvalue weighted by atomic mass is 19.4. The minimum Gasteiger partial charge on any atom is -0.342 e. The molecule has 12 nitrogen and oxygen atoms in total. The van der Waals surface area contributed by atoms with Crippen molar-refractivity contribution in [2.45, 2.75) is 75.2 Å². The molecular formula is C27H26F5N9O3. The van der Waals surface area contributed by atoms with Gasteiger partial charge in [-0.3, -0.25) is 4.79 Å². The molecule has 2 aliphatic carbocycles. The van der Waals surface area contributed by atoms with E-state index in [1.165, 1.54) is 16.8 Å². The molecule has 0 aromatic carbocycles. The van der Waals surface area contributed by atoms with Crippen LogP contribution in [-0.2, 0) is 0 Å². The van der Waals surface area contributed by atoms with Gasteiger partial charge in [-0.25, -0.2) is 18.9 Å². The van der Waals surface area contributed by atoms with Gasteiger partial charge in [0.25, 0.3) is 12.0 Å². The van der Waals surface area contributed by atoms with E-state index in [1.807, 2.05) is 11.4 Å². The van der Waals surface area contributed by atoms with E-state index in [4.69, 9.17) is 4.63 Å². The Bertz CT molecular complexity index is 1640. The number of nitriles is 1. The predicted molar refractivity (Wildman–Crippen MR) is 139 cm³/mol. The highest BCUT2D eigenvalue weighted by molar-refractivity contribution is 5.93. The maximum atomic E-state index is 13.4. The Morgan fingerprint density at radius 3 is 2.59 bits per heavy atom. The number of fused-ring (bicyclic) bond motifs is 1. The number of nitrogens with zero attached hydrogens (tertiary/aromatic N) is 7. The monoisotopic (exact) mass is 619 g/mol. The summed E-state index contributed by atoms with van der Waals surface area (Å²) in [5, 5.41) is 26.2. The van der Waals surface area contributed by atoms with E-state index in [1.54, 1.807) is 6.20 Å². The molecule has 3 aromatic heterocycles. The van der Waals surface area contributed by atoms with Gasteiger partial charge in [-0.05, 0) is 66.8 Å². The zero-order chi connectivity index (χ0) is 31.2. The number of alkyl halides is 3. The van der Waals surface area contributed by atoms with Crippen molar-refractivity contribution in [3.8, 4) is 6.07 Å². The van der Waals surface area contributed by atoms with Gasteiger partial charge in [-0.15, -0.1) is 0 Å². The molecule has 3 fully saturated rings. The Morgan fingerprint density at radius 2 is 1.95 bits per heavy atom. The Labute approximate surface area is 246 Å². The fourth-order valence-electron chi connectivity index (χ4n) is 5.88. The molecule has 1 saturated heterocycles. The molecule has 3 aliphatic rings. The maximum Gasteiger partial charge on any atom is 0.410 e. The number of hydrogen-bond acceptors (Lipinski definition) is 8. The summed E-state index contributed by atoms with van der Waals surface area (Å²) >= 11 is 0. The van der Waals surface area contributed by atoms with E-state index < -0.39 is 48.9 Å². The quantitative estimate of drug-likeness (QED) is 0.344. The van der Waals surface area contributed by atoms with Crippen molar-refractivity contribution in [1.82, 2.24) is 40.4 Å². The molecule has 2 saturated carbocycles. The van der Waals surface area contributed by atoms with E-state index in [0.717, 1.165) is 17.7 Å². The summed E-state index contributed by atoms with van der Waals surface area (Å²) in [5.74, 6) is -0.733. The minimum atomic E-state index is -4.66. The molecule has 4 heterocycles. The molecule has 6 rings (SSSR count). The van der Waals surface area contributed by atoms with Crippen LogP contribution in [0.15, 0.2) is 34.7 Å². The average Bonchev–Trinajstić information content (AvgIpc) is 3.37. The molecule has 0 spiro atoms. The second-order valence-corrected chi connectivity index (χ2v) is 11.3. The Kier molecular flexibility index (Phi) is 7.68. The summed E-state index contributed by atoms with van der Waals surface area (Å²) < 4.78 is 72.6. The van der Waals surface area contributed by atoms with Crippen molar-refractivity contribution in [2.24, 2.45) is 5.92 Å². The van der Waals surface area contributed by atoms with Gasteiger partial charge >= 0.3 is 12.2 Å². The number of carbonyl (C=O) groups excluding carboxylic acids is 2. The van der Waals surface area contributed by atoms with Crippen molar-refractivity contribution in [1.29, 1.82) is 5.26 Å². The summed E-state index contributed by atoms with van der Waals surface area (Å²) in [4.78, 5) is 31.4. The first-order valence-electron chi connectivity index (χ1n) is 14.1. The Morgan fingerprint density at radius 1 is 1.20 bits per heavy atom. The third-order valence-electron chi connectivity index (χ3n) is 8.41. The van der Waals surface area contributed by atoms with Gasteiger partial charge < -0.3 is 15.5 Å². The number of hydrogen-bond donors (Lipinski definition) is 2. The van der Waals surface area contributed by atoms with Crippen LogP contribution in [0, 0.1) is 17.2 Å². The molecule has 3 aromatic rings. The van der Waals surface area contributed by atoms with Gasteiger partial charge in [-0.1, -0.05) is 5.16 Å². The van der Waals surface area contributed by atoms with Gasteiger partial charge in [0.2, 0.25) is 0 Å². The third kappa shape index (κ3) is 5.80. The van der Waals surface area contributed by atoms with Gasteiger partial charge in [0, 0.05) is 5.92 Å². The average molecular weight is 620 g/mol. The zero-order valence-electron chi connectivity index (χ0n) is 23.0. The molecular weight excluding hydrogens is 593 g/mol. The molecule has 2 N–H and O–H groups in total. The predicted octanol–water partition coefficient (Wildman–Crippen LogP) is 4.71. The van der Waals surface area contributed by atoms with E-state index in [9.17, 15) is 36.8 Å². The fraction of sp³-hybridized carbons (Fsp3) is 0.519. The Hall–Kier alpha value is -4.62. The molecule has 0 radical (unpaired) electrons. The number of nitrogens with one attached hydrogen (secondary N) is 2. The maximum absolute atomic E-state index is 13.4. The van der Waals surface area contributed by atoms with Crippen molar-refractivity contribution < 1.29 is 36.2 Å². The summed E-state index contributed by atoms with van der Waals surface area (Å²) in [6.45, 7) is -0.676. The summed E-state index contributed by atoms with van der Waals surface area (Å²) in [5.41, 5.74) is 1.50. The standard InChI is InChI=1S/C27H26F5N9O3/c28-24(29)15-5-3-13(4-6-15)21(37-25(42)23-22(14-1-2-14)38-44-39-23)17-11-41-20(35-17)9-16(10-34-41)18(7-8-33)40-12-19(27(30,31)32)36-26(40)43/h9-11,13-14,18-19,21H,1-7,12H2,(H,36,43)(H,37,42)/t18-,19+,21+/m1/s1. The van der Waals surface area contributed by atoms with Crippen molar-refractivity contribution in [3.05, 3.63) is 52.8 Å². The van der Waals surface area contributed by atoms with Crippen LogP contribution < -0.4 is 10.6 Å². The molecule has 17 heteroatoms. The first kappa shape index (κ1) is 29.5. The third-order valence-corrected chi connectivity index (χ3v) is 8.41. The highest BCUT2D eigenvalue weighted by Gasteiger charge is 2.48. The van der Waals surface area contributed by atoms with Crippen molar-refractivity contribution in [2.75, 3.05) is 6.54 Å². The normalized spacial score (nSPS) is 22.0. The molecule has 0 unspecified atom stereocenters. The lowest BCUT2D eigenvalue weighted by molar-refractivity contribution is -0.150. The number of urea groups is 1. The largest absolute Gasteiger partial charge is 0.410 e. The first-order valence-corrected chi connectivity index (χ1v) is 14.1. The van der Waals surface area contributed by atoms with E-state index >= 15 is 0 Å². The second kappa shape index (κ2) is 11.5. The fourth-order valence-corrected chi connectivity index (χ4v) is 5.88. The molecule has 232 valence electrons. The minimum absolute atomic E-state index is 0.0493. The zero-order valence-corrected chi connectivity index (χ0v) is 23.0. The van der Waals surface area contributed by atoms with Crippen LogP contribution in [0.4, 0.5) is 26.7 Å².